The summed E-state index contributed by atoms with van der Waals surface area (Å²) < 4.78 is 0. The average Bonchev–Trinajstić information content (AvgIpc) is 2.40. The SMILES string of the molecule is C=C/C(=C\C(C)=C(\C)CC)c1cc(C)c(C)c(C)c1. The molecule has 0 saturated carbocycles. The Morgan fingerprint density at radius 2 is 1.63 bits per heavy atom. The summed E-state index contributed by atoms with van der Waals surface area (Å²) in [6, 6.07) is 4.51. The van der Waals surface area contributed by atoms with E-state index in [9.17, 15) is 0 Å². The van der Waals surface area contributed by atoms with Crippen molar-refractivity contribution in [1.82, 2.24) is 0 Å². The lowest BCUT2D eigenvalue weighted by Crippen LogP contribution is -1.91. The van der Waals surface area contributed by atoms with Crippen molar-refractivity contribution in [3.63, 3.8) is 0 Å². The van der Waals surface area contributed by atoms with Gasteiger partial charge in [-0.3, -0.25) is 0 Å². The molecule has 19 heavy (non-hydrogen) atoms. The summed E-state index contributed by atoms with van der Waals surface area (Å²) in [4.78, 5) is 0. The second-order valence-corrected chi connectivity index (χ2v) is 5.36. The number of aryl methyl sites for hydroxylation is 2. The molecule has 0 fully saturated rings. The van der Waals surface area contributed by atoms with Crippen molar-refractivity contribution in [2.45, 2.75) is 48.0 Å². The third-order valence-corrected chi connectivity index (χ3v) is 4.06. The molecule has 0 aliphatic heterocycles. The van der Waals surface area contributed by atoms with Crippen molar-refractivity contribution in [3.05, 3.63) is 64.3 Å². The average molecular weight is 254 g/mol. The molecule has 0 amide bonds. The Morgan fingerprint density at radius 1 is 1.11 bits per heavy atom. The van der Waals surface area contributed by atoms with Gasteiger partial charge in [0.25, 0.3) is 0 Å². The number of benzene rings is 1. The molecule has 0 aliphatic carbocycles. The van der Waals surface area contributed by atoms with E-state index < -0.39 is 0 Å². The minimum atomic E-state index is 1.10. The van der Waals surface area contributed by atoms with E-state index in [1.165, 1.54) is 39.0 Å². The molecule has 0 bridgehead atoms. The van der Waals surface area contributed by atoms with Crippen LogP contribution in [0.2, 0.25) is 0 Å². The highest BCUT2D eigenvalue weighted by molar-refractivity contribution is 5.76. The molecule has 0 nitrogen and oxygen atoms in total. The summed E-state index contributed by atoms with van der Waals surface area (Å²) in [6.45, 7) is 17.1. The third kappa shape index (κ3) is 3.70. The number of rotatable bonds is 4. The molecule has 102 valence electrons. The fourth-order valence-electron chi connectivity index (χ4n) is 2.10. The van der Waals surface area contributed by atoms with Gasteiger partial charge in [0.15, 0.2) is 0 Å². The smallest absolute Gasteiger partial charge is 0.0179 e. The molecule has 0 atom stereocenters. The van der Waals surface area contributed by atoms with E-state index in [0.717, 1.165) is 6.42 Å². The van der Waals surface area contributed by atoms with E-state index in [1.807, 2.05) is 6.08 Å². The lowest BCUT2D eigenvalue weighted by molar-refractivity contribution is 1.07. The van der Waals surface area contributed by atoms with E-state index in [0.29, 0.717) is 0 Å². The molecule has 0 N–H and O–H groups in total. The van der Waals surface area contributed by atoms with Gasteiger partial charge in [-0.15, -0.1) is 0 Å². The maximum atomic E-state index is 3.97. The standard InChI is InChI=1S/C19H26/c1-8-13(3)14(4)10-18(9-2)19-11-15(5)17(7)16(6)12-19/h9-12H,2,8H2,1,3-7H3/b14-13-,18-10+. The van der Waals surface area contributed by atoms with Crippen molar-refractivity contribution in [1.29, 1.82) is 0 Å². The molecular formula is C19H26. The molecule has 0 radical (unpaired) electrons. The van der Waals surface area contributed by atoms with Crippen LogP contribution in [-0.2, 0) is 0 Å². The van der Waals surface area contributed by atoms with E-state index >= 15 is 0 Å². The predicted octanol–water partition coefficient (Wildman–Crippen LogP) is 5.93. The van der Waals surface area contributed by atoms with Gasteiger partial charge in [-0.25, -0.2) is 0 Å². The molecular weight excluding hydrogens is 228 g/mol. The Labute approximate surface area is 118 Å². The van der Waals surface area contributed by atoms with Crippen LogP contribution in [0.15, 0.2) is 42.0 Å². The second-order valence-electron chi connectivity index (χ2n) is 5.36. The molecule has 0 saturated heterocycles. The van der Waals surface area contributed by atoms with Crippen LogP contribution in [0.5, 0.6) is 0 Å². The Hall–Kier alpha value is -1.56. The van der Waals surface area contributed by atoms with Crippen molar-refractivity contribution < 1.29 is 0 Å². The van der Waals surface area contributed by atoms with E-state index in [4.69, 9.17) is 0 Å². The van der Waals surface area contributed by atoms with Crippen LogP contribution in [0.1, 0.15) is 49.4 Å². The lowest BCUT2D eigenvalue weighted by Gasteiger charge is -2.11. The summed E-state index contributed by atoms with van der Waals surface area (Å²) in [6.07, 6.45) is 5.30. The molecule has 0 heterocycles. The topological polar surface area (TPSA) is 0 Å². The summed E-state index contributed by atoms with van der Waals surface area (Å²) in [5.74, 6) is 0. The molecule has 0 aromatic heterocycles. The highest BCUT2D eigenvalue weighted by Crippen LogP contribution is 2.24. The van der Waals surface area contributed by atoms with Gasteiger partial charge < -0.3 is 0 Å². The molecule has 0 heteroatoms. The van der Waals surface area contributed by atoms with Crippen LogP contribution >= 0.6 is 0 Å². The molecule has 0 aliphatic rings. The highest BCUT2D eigenvalue weighted by atomic mass is 14.1. The van der Waals surface area contributed by atoms with Gasteiger partial charge in [0.1, 0.15) is 0 Å². The van der Waals surface area contributed by atoms with Crippen molar-refractivity contribution >= 4 is 5.57 Å². The normalized spacial score (nSPS) is 13.3. The molecule has 1 aromatic rings. The van der Waals surface area contributed by atoms with Gasteiger partial charge in [-0.05, 0) is 68.9 Å². The largest absolute Gasteiger partial charge is 0.0984 e. The maximum absolute atomic E-state index is 3.97. The number of hydrogen-bond acceptors (Lipinski definition) is 0. The number of hydrogen-bond donors (Lipinski definition) is 0. The third-order valence-electron chi connectivity index (χ3n) is 4.06. The minimum Gasteiger partial charge on any atom is -0.0984 e. The van der Waals surface area contributed by atoms with Gasteiger partial charge in [0.05, 0.1) is 0 Å². The first-order chi connectivity index (χ1) is 8.90. The van der Waals surface area contributed by atoms with Crippen molar-refractivity contribution in [3.8, 4) is 0 Å². The summed E-state index contributed by atoms with van der Waals surface area (Å²) >= 11 is 0. The van der Waals surface area contributed by atoms with Gasteiger partial charge >= 0.3 is 0 Å². The molecule has 1 aromatic carbocycles. The Balaban J connectivity index is 3.33. The quantitative estimate of drug-likeness (QED) is 0.584. The van der Waals surface area contributed by atoms with Crippen LogP contribution in [0.3, 0.4) is 0 Å². The molecule has 1 rings (SSSR count). The monoisotopic (exact) mass is 254 g/mol. The van der Waals surface area contributed by atoms with Crippen molar-refractivity contribution in [2.75, 3.05) is 0 Å². The zero-order valence-corrected chi connectivity index (χ0v) is 13.2. The lowest BCUT2D eigenvalue weighted by atomic mass is 9.94. The minimum absolute atomic E-state index is 1.10. The summed E-state index contributed by atoms with van der Waals surface area (Å²) in [7, 11) is 0. The zero-order valence-electron chi connectivity index (χ0n) is 13.2. The first kappa shape index (κ1) is 15.5. The fourth-order valence-corrected chi connectivity index (χ4v) is 2.10. The van der Waals surface area contributed by atoms with E-state index in [2.05, 4.69) is 66.3 Å². The van der Waals surface area contributed by atoms with Crippen LogP contribution in [0.4, 0.5) is 0 Å². The van der Waals surface area contributed by atoms with Gasteiger partial charge in [-0.1, -0.05) is 48.9 Å². The summed E-state index contributed by atoms with van der Waals surface area (Å²) in [5, 5.41) is 0. The van der Waals surface area contributed by atoms with E-state index in [1.54, 1.807) is 0 Å². The van der Waals surface area contributed by atoms with Gasteiger partial charge in [0, 0.05) is 0 Å². The predicted molar refractivity (Wildman–Crippen MR) is 87.5 cm³/mol. The highest BCUT2D eigenvalue weighted by Gasteiger charge is 2.04. The molecule has 0 unspecified atom stereocenters. The fraction of sp³-hybridized carbons (Fsp3) is 0.368. The Morgan fingerprint density at radius 3 is 2.05 bits per heavy atom. The van der Waals surface area contributed by atoms with Crippen LogP contribution in [0.25, 0.3) is 5.57 Å². The Kier molecular flexibility index (Phi) is 5.35. The number of allylic oxidation sites excluding steroid dienone is 5. The summed E-state index contributed by atoms with van der Waals surface area (Å²) in [5.41, 5.74) is 9.31. The van der Waals surface area contributed by atoms with Crippen molar-refractivity contribution in [2.24, 2.45) is 0 Å². The van der Waals surface area contributed by atoms with Crippen LogP contribution in [-0.4, -0.2) is 0 Å². The Bertz CT molecular complexity index is 516. The maximum Gasteiger partial charge on any atom is -0.0179 e. The van der Waals surface area contributed by atoms with E-state index in [-0.39, 0.29) is 0 Å². The van der Waals surface area contributed by atoms with Gasteiger partial charge in [-0.2, -0.15) is 0 Å². The van der Waals surface area contributed by atoms with Crippen LogP contribution < -0.4 is 0 Å². The van der Waals surface area contributed by atoms with Gasteiger partial charge in [0.2, 0.25) is 0 Å². The van der Waals surface area contributed by atoms with Crippen LogP contribution in [0, 0.1) is 20.8 Å². The first-order valence-electron chi connectivity index (χ1n) is 6.99. The second kappa shape index (κ2) is 6.56. The zero-order chi connectivity index (χ0) is 14.6. The first-order valence-corrected chi connectivity index (χ1v) is 6.99. The molecule has 0 spiro atoms.